The first kappa shape index (κ1) is 27.5. The molecule has 10 rings (SSSR count). The molecule has 10 aromatic rings. The number of aromatic nitrogens is 2. The molecule has 2 aromatic heterocycles. The number of hydrogen-bond donors (Lipinski definition) is 0. The summed E-state index contributed by atoms with van der Waals surface area (Å²) in [6, 6.07) is 67.9. The second-order valence-corrected chi connectivity index (χ2v) is 12.6. The van der Waals surface area contributed by atoms with Crippen molar-refractivity contribution in [2.24, 2.45) is 0 Å². The summed E-state index contributed by atoms with van der Waals surface area (Å²) in [5, 5.41) is 7.52. The van der Waals surface area contributed by atoms with E-state index < -0.39 is 0 Å². The Morgan fingerprint density at radius 2 is 0.633 bits per heavy atom. The quantitative estimate of drug-likeness (QED) is 0.185. The first-order valence-electron chi connectivity index (χ1n) is 16.8. The van der Waals surface area contributed by atoms with Crippen LogP contribution in [0.1, 0.15) is 0 Å². The number of fused-ring (bicyclic) bond motifs is 7. The molecule has 230 valence electrons. The van der Waals surface area contributed by atoms with Crippen LogP contribution in [-0.2, 0) is 0 Å². The van der Waals surface area contributed by atoms with Gasteiger partial charge in [-0.3, -0.25) is 0 Å². The first-order valence-corrected chi connectivity index (χ1v) is 16.8. The monoisotopic (exact) mass is 625 g/mol. The van der Waals surface area contributed by atoms with Gasteiger partial charge in [0.25, 0.3) is 0 Å². The number of anilines is 3. The summed E-state index contributed by atoms with van der Waals surface area (Å²) in [5.41, 5.74) is 10.4. The van der Waals surface area contributed by atoms with Crippen LogP contribution in [0.4, 0.5) is 17.1 Å². The highest BCUT2D eigenvalue weighted by Crippen LogP contribution is 2.39. The normalized spacial score (nSPS) is 11.7. The summed E-state index contributed by atoms with van der Waals surface area (Å²) in [5.74, 6) is 0. The SMILES string of the molecule is c1ccc2cc(N(c3ccc(-n4c5ccccc5c5ccccc54)cc3)c3ccc(-n4c5ccccc5c5ccccc54)cc3)ccc2c1. The molecule has 0 saturated carbocycles. The summed E-state index contributed by atoms with van der Waals surface area (Å²) in [7, 11) is 0. The van der Waals surface area contributed by atoms with E-state index >= 15 is 0 Å². The van der Waals surface area contributed by atoms with Gasteiger partial charge in [0, 0.05) is 50.0 Å². The average molecular weight is 626 g/mol. The molecule has 0 aliphatic rings. The molecule has 0 amide bonds. The van der Waals surface area contributed by atoms with Crippen LogP contribution in [0.25, 0.3) is 65.8 Å². The van der Waals surface area contributed by atoms with Crippen LogP contribution in [0.2, 0.25) is 0 Å². The van der Waals surface area contributed by atoms with Gasteiger partial charge in [-0.1, -0.05) is 103 Å². The van der Waals surface area contributed by atoms with E-state index in [9.17, 15) is 0 Å². The van der Waals surface area contributed by atoms with Crippen molar-refractivity contribution in [3.8, 4) is 11.4 Å². The maximum Gasteiger partial charge on any atom is 0.0541 e. The molecule has 0 spiro atoms. The summed E-state index contributed by atoms with van der Waals surface area (Å²) < 4.78 is 4.74. The van der Waals surface area contributed by atoms with Gasteiger partial charge in [0.05, 0.1) is 22.1 Å². The fourth-order valence-electron chi connectivity index (χ4n) is 7.67. The first-order chi connectivity index (χ1) is 24.3. The van der Waals surface area contributed by atoms with Crippen LogP contribution in [0.5, 0.6) is 0 Å². The van der Waals surface area contributed by atoms with E-state index in [4.69, 9.17) is 0 Å². The molecule has 0 fully saturated rings. The van der Waals surface area contributed by atoms with E-state index in [2.05, 4.69) is 202 Å². The van der Waals surface area contributed by atoms with Gasteiger partial charge in [-0.05, 0) is 95.7 Å². The predicted octanol–water partition coefficient (Wildman–Crippen LogP) is 12.5. The second-order valence-electron chi connectivity index (χ2n) is 12.6. The highest BCUT2D eigenvalue weighted by molar-refractivity contribution is 6.10. The maximum atomic E-state index is 2.37. The van der Waals surface area contributed by atoms with Crippen molar-refractivity contribution in [1.82, 2.24) is 9.13 Å². The van der Waals surface area contributed by atoms with E-state index in [-0.39, 0.29) is 0 Å². The molecule has 0 unspecified atom stereocenters. The third-order valence-corrected chi connectivity index (χ3v) is 9.88. The molecule has 49 heavy (non-hydrogen) atoms. The van der Waals surface area contributed by atoms with Gasteiger partial charge in [-0.15, -0.1) is 0 Å². The zero-order valence-electron chi connectivity index (χ0n) is 26.7. The molecular weight excluding hydrogens is 595 g/mol. The summed E-state index contributed by atoms with van der Waals surface area (Å²) in [6.45, 7) is 0. The molecule has 0 saturated heterocycles. The lowest BCUT2D eigenvalue weighted by atomic mass is 10.1. The number of nitrogens with zero attached hydrogens (tertiary/aromatic N) is 3. The maximum absolute atomic E-state index is 2.37. The van der Waals surface area contributed by atoms with Crippen molar-refractivity contribution in [3.63, 3.8) is 0 Å². The molecule has 2 heterocycles. The second kappa shape index (κ2) is 11.0. The Labute approximate surface area is 284 Å². The standard InChI is InChI=1S/C46H31N3/c1-2-12-33-31-38(22-21-32(33)11-1)47(34-23-27-36(28-24-34)48-43-17-7-3-13-39(43)40-14-4-8-18-44(40)48)35-25-29-37(30-26-35)49-45-19-9-5-15-41(45)42-16-6-10-20-46(42)49/h1-31H. The molecular formula is C46H31N3. The summed E-state index contributed by atoms with van der Waals surface area (Å²) >= 11 is 0. The van der Waals surface area contributed by atoms with Crippen molar-refractivity contribution < 1.29 is 0 Å². The van der Waals surface area contributed by atoms with Crippen molar-refractivity contribution in [1.29, 1.82) is 0 Å². The van der Waals surface area contributed by atoms with Gasteiger partial charge in [0.2, 0.25) is 0 Å². The Bertz CT molecular complexity index is 2560. The van der Waals surface area contributed by atoms with E-state index in [0.717, 1.165) is 28.4 Å². The van der Waals surface area contributed by atoms with Gasteiger partial charge in [-0.25, -0.2) is 0 Å². The minimum absolute atomic E-state index is 1.10. The van der Waals surface area contributed by atoms with Gasteiger partial charge in [0.15, 0.2) is 0 Å². The van der Waals surface area contributed by atoms with Crippen LogP contribution >= 0.6 is 0 Å². The molecule has 0 aliphatic carbocycles. The Balaban J connectivity index is 1.11. The van der Waals surface area contributed by atoms with Gasteiger partial charge in [0.1, 0.15) is 0 Å². The molecule has 3 nitrogen and oxygen atoms in total. The molecule has 8 aromatic carbocycles. The van der Waals surface area contributed by atoms with Gasteiger partial charge < -0.3 is 14.0 Å². The van der Waals surface area contributed by atoms with Crippen LogP contribution in [0, 0.1) is 0 Å². The predicted molar refractivity (Wildman–Crippen MR) is 207 cm³/mol. The lowest BCUT2D eigenvalue weighted by Gasteiger charge is -2.26. The van der Waals surface area contributed by atoms with E-state index in [1.165, 1.54) is 54.4 Å². The zero-order valence-corrected chi connectivity index (χ0v) is 26.7. The third-order valence-electron chi connectivity index (χ3n) is 9.88. The van der Waals surface area contributed by atoms with Crippen molar-refractivity contribution in [2.75, 3.05) is 4.90 Å². The largest absolute Gasteiger partial charge is 0.310 e. The highest BCUT2D eigenvalue weighted by atomic mass is 15.1. The van der Waals surface area contributed by atoms with Crippen LogP contribution < -0.4 is 4.90 Å². The van der Waals surface area contributed by atoms with E-state index in [1.807, 2.05) is 0 Å². The Morgan fingerprint density at radius 1 is 0.286 bits per heavy atom. The number of para-hydroxylation sites is 4. The van der Waals surface area contributed by atoms with Gasteiger partial charge >= 0.3 is 0 Å². The van der Waals surface area contributed by atoms with Crippen LogP contribution in [0.3, 0.4) is 0 Å². The third kappa shape index (κ3) is 4.37. The lowest BCUT2D eigenvalue weighted by Crippen LogP contribution is -2.10. The summed E-state index contributed by atoms with van der Waals surface area (Å²) in [6.07, 6.45) is 0. The lowest BCUT2D eigenvalue weighted by molar-refractivity contribution is 1.17. The van der Waals surface area contributed by atoms with E-state index in [1.54, 1.807) is 0 Å². The van der Waals surface area contributed by atoms with E-state index in [0.29, 0.717) is 0 Å². The van der Waals surface area contributed by atoms with Crippen molar-refractivity contribution in [3.05, 3.63) is 188 Å². The molecule has 0 radical (unpaired) electrons. The average Bonchev–Trinajstić information content (AvgIpc) is 3.69. The molecule has 3 heteroatoms. The molecule has 0 aliphatic heterocycles. The minimum atomic E-state index is 1.10. The minimum Gasteiger partial charge on any atom is -0.310 e. The van der Waals surface area contributed by atoms with Crippen molar-refractivity contribution in [2.45, 2.75) is 0 Å². The van der Waals surface area contributed by atoms with Crippen LogP contribution in [0.15, 0.2) is 188 Å². The molecule has 0 atom stereocenters. The Kier molecular flexibility index (Phi) is 6.18. The summed E-state index contributed by atoms with van der Waals surface area (Å²) in [4.78, 5) is 2.36. The van der Waals surface area contributed by atoms with Gasteiger partial charge in [-0.2, -0.15) is 0 Å². The topological polar surface area (TPSA) is 13.1 Å². The molecule has 0 bridgehead atoms. The van der Waals surface area contributed by atoms with Crippen LogP contribution in [-0.4, -0.2) is 9.13 Å². The number of rotatable bonds is 5. The fraction of sp³-hybridized carbons (Fsp3) is 0. The Morgan fingerprint density at radius 3 is 1.06 bits per heavy atom. The van der Waals surface area contributed by atoms with Crippen molar-refractivity contribution >= 4 is 71.4 Å². The zero-order chi connectivity index (χ0) is 32.3. The Hall–Kier alpha value is -6.58. The fourth-order valence-corrected chi connectivity index (χ4v) is 7.67. The highest BCUT2D eigenvalue weighted by Gasteiger charge is 2.17. The smallest absolute Gasteiger partial charge is 0.0541 e. The number of benzene rings is 8. The number of hydrogen-bond acceptors (Lipinski definition) is 1. The molecule has 0 N–H and O–H groups in total.